The molecule has 1 amide bonds. The molecule has 3 heterocycles. The highest BCUT2D eigenvalue weighted by molar-refractivity contribution is 5.95. The fourth-order valence-corrected chi connectivity index (χ4v) is 2.83. The normalized spacial score (nSPS) is 12.6. The van der Waals surface area contributed by atoms with Crippen molar-refractivity contribution in [2.45, 2.75) is 25.9 Å². The second kappa shape index (κ2) is 6.68. The van der Waals surface area contributed by atoms with Crippen molar-refractivity contribution in [2.24, 2.45) is 0 Å². The maximum absolute atomic E-state index is 12.4. The van der Waals surface area contributed by atoms with Crippen LogP contribution in [-0.2, 0) is 19.5 Å². The summed E-state index contributed by atoms with van der Waals surface area (Å²) in [6.45, 7) is 1.29. The highest BCUT2D eigenvalue weighted by Gasteiger charge is 2.17. The summed E-state index contributed by atoms with van der Waals surface area (Å²) in [5.74, 6) is 2.12. The molecule has 0 fully saturated rings. The van der Waals surface area contributed by atoms with Crippen molar-refractivity contribution in [3.63, 3.8) is 0 Å². The minimum atomic E-state index is -0.159. The lowest BCUT2D eigenvalue weighted by Crippen LogP contribution is -2.24. The molecule has 2 aromatic heterocycles. The standard InChI is InChI=1S/C17H17N7O/c25-16(20-11-15-23-22-14-6-2-9-24(14)15)12-4-1-5-13(10-12)21-17-18-7-3-8-19-17/h1,3-5,7-8,10H,2,6,9,11H2,(H,20,25)(H,18,19,21). The van der Waals surface area contributed by atoms with E-state index in [1.54, 1.807) is 30.6 Å². The Morgan fingerprint density at radius 1 is 1.16 bits per heavy atom. The van der Waals surface area contributed by atoms with E-state index < -0.39 is 0 Å². The quantitative estimate of drug-likeness (QED) is 0.736. The molecule has 0 unspecified atom stereocenters. The number of carbonyl (C=O) groups is 1. The van der Waals surface area contributed by atoms with Crippen molar-refractivity contribution in [3.8, 4) is 0 Å². The van der Waals surface area contributed by atoms with Gasteiger partial charge in [-0.3, -0.25) is 4.79 Å². The summed E-state index contributed by atoms with van der Waals surface area (Å²) in [7, 11) is 0. The number of hydrogen-bond donors (Lipinski definition) is 2. The van der Waals surface area contributed by atoms with Gasteiger partial charge in [0.1, 0.15) is 5.82 Å². The van der Waals surface area contributed by atoms with Crippen molar-refractivity contribution in [2.75, 3.05) is 5.32 Å². The molecule has 0 saturated heterocycles. The predicted octanol–water partition coefficient (Wildman–Crippen LogP) is 1.69. The maximum Gasteiger partial charge on any atom is 0.251 e. The van der Waals surface area contributed by atoms with Gasteiger partial charge in [-0.2, -0.15) is 0 Å². The third-order valence-corrected chi connectivity index (χ3v) is 4.04. The van der Waals surface area contributed by atoms with E-state index in [1.165, 1.54) is 0 Å². The Kier molecular flexibility index (Phi) is 4.07. The van der Waals surface area contributed by atoms with Crippen LogP contribution in [0.15, 0.2) is 42.7 Å². The summed E-state index contributed by atoms with van der Waals surface area (Å²) in [5.41, 5.74) is 1.31. The first-order valence-electron chi connectivity index (χ1n) is 8.13. The monoisotopic (exact) mass is 335 g/mol. The second-order valence-corrected chi connectivity index (χ2v) is 5.75. The first kappa shape index (κ1) is 15.3. The average molecular weight is 335 g/mol. The largest absolute Gasteiger partial charge is 0.345 e. The molecule has 1 aromatic carbocycles. The van der Waals surface area contributed by atoms with Crippen molar-refractivity contribution < 1.29 is 4.79 Å². The highest BCUT2D eigenvalue weighted by Crippen LogP contribution is 2.16. The molecule has 0 bridgehead atoms. The number of rotatable bonds is 5. The van der Waals surface area contributed by atoms with Crippen molar-refractivity contribution in [3.05, 3.63) is 59.9 Å². The first-order chi connectivity index (χ1) is 12.3. The molecule has 25 heavy (non-hydrogen) atoms. The summed E-state index contributed by atoms with van der Waals surface area (Å²) in [6.07, 6.45) is 5.35. The van der Waals surface area contributed by atoms with E-state index in [9.17, 15) is 4.79 Å². The molecular formula is C17H17N7O. The van der Waals surface area contributed by atoms with Crippen LogP contribution in [0.25, 0.3) is 0 Å². The highest BCUT2D eigenvalue weighted by atomic mass is 16.1. The van der Waals surface area contributed by atoms with Crippen LogP contribution in [0, 0.1) is 0 Å². The third kappa shape index (κ3) is 3.32. The number of aryl methyl sites for hydroxylation is 1. The minimum absolute atomic E-state index is 0.159. The van der Waals surface area contributed by atoms with E-state index in [0.717, 1.165) is 36.7 Å². The van der Waals surface area contributed by atoms with Gasteiger partial charge in [-0.05, 0) is 30.7 Å². The van der Waals surface area contributed by atoms with E-state index in [0.29, 0.717) is 18.1 Å². The Hall–Kier alpha value is -3.29. The average Bonchev–Trinajstić information content (AvgIpc) is 3.25. The molecule has 8 nitrogen and oxygen atoms in total. The number of fused-ring (bicyclic) bond motifs is 1. The number of benzene rings is 1. The van der Waals surface area contributed by atoms with Gasteiger partial charge in [0, 0.05) is 36.6 Å². The van der Waals surface area contributed by atoms with Crippen LogP contribution >= 0.6 is 0 Å². The van der Waals surface area contributed by atoms with Crippen LogP contribution in [0.3, 0.4) is 0 Å². The predicted molar refractivity (Wildman–Crippen MR) is 91.3 cm³/mol. The van der Waals surface area contributed by atoms with Crippen LogP contribution in [0.5, 0.6) is 0 Å². The van der Waals surface area contributed by atoms with Crippen molar-refractivity contribution in [1.82, 2.24) is 30.0 Å². The van der Waals surface area contributed by atoms with Crippen LogP contribution in [-0.4, -0.2) is 30.6 Å². The summed E-state index contributed by atoms with van der Waals surface area (Å²) < 4.78 is 2.07. The lowest BCUT2D eigenvalue weighted by Gasteiger charge is -2.08. The fourth-order valence-electron chi connectivity index (χ4n) is 2.83. The van der Waals surface area contributed by atoms with E-state index in [-0.39, 0.29) is 5.91 Å². The molecule has 1 aliphatic heterocycles. The molecule has 0 aliphatic carbocycles. The van der Waals surface area contributed by atoms with Gasteiger partial charge in [-0.1, -0.05) is 6.07 Å². The third-order valence-electron chi connectivity index (χ3n) is 4.04. The lowest BCUT2D eigenvalue weighted by atomic mass is 10.2. The lowest BCUT2D eigenvalue weighted by molar-refractivity contribution is 0.0949. The van der Waals surface area contributed by atoms with Gasteiger partial charge in [-0.15, -0.1) is 10.2 Å². The molecule has 3 aromatic rings. The Balaban J connectivity index is 1.42. The summed E-state index contributed by atoms with van der Waals surface area (Å²) in [5, 5.41) is 14.3. The molecular weight excluding hydrogens is 318 g/mol. The van der Waals surface area contributed by atoms with E-state index in [4.69, 9.17) is 0 Å². The molecule has 126 valence electrons. The molecule has 4 rings (SSSR count). The van der Waals surface area contributed by atoms with Crippen LogP contribution < -0.4 is 10.6 Å². The zero-order valence-corrected chi connectivity index (χ0v) is 13.5. The molecule has 1 aliphatic rings. The van der Waals surface area contributed by atoms with E-state index in [1.807, 2.05) is 12.1 Å². The molecule has 0 radical (unpaired) electrons. The smallest absolute Gasteiger partial charge is 0.251 e. The number of hydrogen-bond acceptors (Lipinski definition) is 6. The maximum atomic E-state index is 12.4. The Morgan fingerprint density at radius 3 is 2.92 bits per heavy atom. The number of amides is 1. The van der Waals surface area contributed by atoms with E-state index >= 15 is 0 Å². The summed E-state index contributed by atoms with van der Waals surface area (Å²) in [6, 6.07) is 8.95. The van der Waals surface area contributed by atoms with Gasteiger partial charge in [0.2, 0.25) is 5.95 Å². The van der Waals surface area contributed by atoms with Gasteiger partial charge in [0.25, 0.3) is 5.91 Å². The van der Waals surface area contributed by atoms with Gasteiger partial charge in [-0.25, -0.2) is 9.97 Å². The SMILES string of the molecule is O=C(NCc1nnc2n1CCC2)c1cccc(Nc2ncccn2)c1. The number of aromatic nitrogens is 5. The Labute approximate surface area is 144 Å². The van der Waals surface area contributed by atoms with Gasteiger partial charge in [0.15, 0.2) is 5.82 Å². The zero-order chi connectivity index (χ0) is 17.1. The van der Waals surface area contributed by atoms with Gasteiger partial charge < -0.3 is 15.2 Å². The van der Waals surface area contributed by atoms with E-state index in [2.05, 4.69) is 35.4 Å². The Bertz CT molecular complexity index is 891. The number of carbonyl (C=O) groups excluding carboxylic acids is 1. The number of nitrogens with zero attached hydrogens (tertiary/aromatic N) is 5. The Morgan fingerprint density at radius 2 is 2.04 bits per heavy atom. The zero-order valence-electron chi connectivity index (χ0n) is 13.5. The number of anilines is 2. The fraction of sp³-hybridized carbons (Fsp3) is 0.235. The first-order valence-corrected chi connectivity index (χ1v) is 8.13. The molecule has 0 saturated carbocycles. The summed E-state index contributed by atoms with van der Waals surface area (Å²) >= 11 is 0. The molecule has 2 N–H and O–H groups in total. The molecule has 0 atom stereocenters. The number of nitrogens with one attached hydrogen (secondary N) is 2. The van der Waals surface area contributed by atoms with Crippen molar-refractivity contribution >= 4 is 17.5 Å². The van der Waals surface area contributed by atoms with Gasteiger partial charge in [0.05, 0.1) is 6.54 Å². The molecule has 8 heteroatoms. The van der Waals surface area contributed by atoms with Crippen LogP contribution in [0.2, 0.25) is 0 Å². The van der Waals surface area contributed by atoms with Crippen LogP contribution in [0.4, 0.5) is 11.6 Å². The van der Waals surface area contributed by atoms with Gasteiger partial charge >= 0.3 is 0 Å². The van der Waals surface area contributed by atoms with Crippen LogP contribution in [0.1, 0.15) is 28.4 Å². The second-order valence-electron chi connectivity index (χ2n) is 5.75. The summed E-state index contributed by atoms with van der Waals surface area (Å²) in [4.78, 5) is 20.6. The molecule has 0 spiro atoms. The minimum Gasteiger partial charge on any atom is -0.345 e. The topological polar surface area (TPSA) is 97.6 Å². The van der Waals surface area contributed by atoms with Crippen molar-refractivity contribution in [1.29, 1.82) is 0 Å².